The molecule has 4 rings (SSSR count). The Morgan fingerprint density at radius 2 is 1.94 bits per heavy atom. The van der Waals surface area contributed by atoms with Crippen molar-refractivity contribution in [2.75, 3.05) is 6.54 Å². The molecule has 1 atom stereocenters. The highest BCUT2D eigenvalue weighted by molar-refractivity contribution is 6.06. The Balaban J connectivity index is 1.93. The maximum Gasteiger partial charge on any atom is 0.346 e. The fraction of sp³-hybridized carbons (Fsp3) is 0.391. The quantitative estimate of drug-likeness (QED) is 0.322. The van der Waals surface area contributed by atoms with Gasteiger partial charge in [-0.15, -0.1) is 0 Å². The Morgan fingerprint density at radius 3 is 2.62 bits per heavy atom. The number of hydrogen-bond acceptors (Lipinski definition) is 3. The van der Waals surface area contributed by atoms with Crippen LogP contribution in [0.1, 0.15) is 49.3 Å². The van der Waals surface area contributed by atoms with Crippen molar-refractivity contribution in [3.63, 3.8) is 0 Å². The van der Waals surface area contributed by atoms with Crippen LogP contribution in [0.2, 0.25) is 0 Å². The van der Waals surface area contributed by atoms with Gasteiger partial charge in [-0.25, -0.2) is 9.24 Å². The molecule has 2 aliphatic rings. The van der Waals surface area contributed by atoms with Gasteiger partial charge in [-0.1, -0.05) is 13.3 Å². The van der Waals surface area contributed by atoms with Gasteiger partial charge in [-0.05, 0) is 43.5 Å². The molecule has 0 aliphatic heterocycles. The summed E-state index contributed by atoms with van der Waals surface area (Å²) in [7, 11) is 0. The van der Waals surface area contributed by atoms with Crippen molar-refractivity contribution in [3.05, 3.63) is 64.3 Å². The van der Waals surface area contributed by atoms with Gasteiger partial charge in [0, 0.05) is 35.0 Å². The average Bonchev–Trinajstić information content (AvgIpc) is 2.86. The van der Waals surface area contributed by atoms with E-state index in [0.29, 0.717) is 13.0 Å². The summed E-state index contributed by atoms with van der Waals surface area (Å²) in [5, 5.41) is 10.8. The summed E-state index contributed by atoms with van der Waals surface area (Å²) >= 11 is 0. The molecular weight excluding hydrogens is 431 g/mol. The standard InChI is InChI=1S/C23H19F5N2O2/c1-3-4-9-30-17-7-8-21(31)20-16(22(25,26)23(21,27)28)5-6-18(19(17)20)32-15-11-13(24)10-14(12-15)29-2/h5-6,10-12,31H,3-4,7-9H2,1H3. The van der Waals surface area contributed by atoms with E-state index in [1.807, 2.05) is 6.92 Å². The largest absolute Gasteiger partial charge is 0.458 e. The predicted octanol–water partition coefficient (Wildman–Crippen LogP) is 6.48. The summed E-state index contributed by atoms with van der Waals surface area (Å²) in [6, 6.07) is 5.10. The molecule has 0 saturated carbocycles. The first-order valence-corrected chi connectivity index (χ1v) is 10.1. The minimum atomic E-state index is -4.72. The second-order valence-corrected chi connectivity index (χ2v) is 7.91. The van der Waals surface area contributed by atoms with Gasteiger partial charge in [0.2, 0.25) is 0 Å². The SMILES string of the molecule is [C-]#[N+]c1cc(F)cc(Oc2ccc3c4c2C(=NCCCC)CCC4(O)C(F)(F)C3(F)F)c1. The third-order valence-corrected chi connectivity index (χ3v) is 5.87. The number of aliphatic hydroxyl groups is 1. The van der Waals surface area contributed by atoms with Crippen LogP contribution in [-0.4, -0.2) is 23.3 Å². The van der Waals surface area contributed by atoms with Crippen LogP contribution in [0, 0.1) is 12.4 Å². The molecule has 0 radical (unpaired) electrons. The molecule has 0 heterocycles. The number of ether oxygens (including phenoxy) is 1. The number of alkyl halides is 4. The second kappa shape index (κ2) is 7.55. The van der Waals surface area contributed by atoms with E-state index in [1.165, 1.54) is 6.07 Å². The van der Waals surface area contributed by atoms with E-state index in [0.717, 1.165) is 30.7 Å². The number of hydrogen-bond donors (Lipinski definition) is 1. The molecule has 0 amide bonds. The molecule has 0 bridgehead atoms. The Kier molecular flexibility index (Phi) is 5.24. The predicted molar refractivity (Wildman–Crippen MR) is 107 cm³/mol. The lowest BCUT2D eigenvalue weighted by Gasteiger charge is -2.36. The fourth-order valence-corrected chi connectivity index (χ4v) is 4.27. The molecule has 4 nitrogen and oxygen atoms in total. The van der Waals surface area contributed by atoms with E-state index in [9.17, 15) is 27.1 Å². The van der Waals surface area contributed by atoms with Gasteiger partial charge in [0.05, 0.1) is 6.57 Å². The van der Waals surface area contributed by atoms with Crippen molar-refractivity contribution >= 4 is 11.4 Å². The van der Waals surface area contributed by atoms with Crippen LogP contribution < -0.4 is 4.74 Å². The minimum Gasteiger partial charge on any atom is -0.458 e. The van der Waals surface area contributed by atoms with Gasteiger partial charge in [0.15, 0.2) is 11.3 Å². The molecule has 0 aromatic heterocycles. The van der Waals surface area contributed by atoms with Crippen molar-refractivity contribution in [1.82, 2.24) is 0 Å². The monoisotopic (exact) mass is 450 g/mol. The van der Waals surface area contributed by atoms with Gasteiger partial charge in [-0.2, -0.15) is 17.6 Å². The molecule has 0 spiro atoms. The minimum absolute atomic E-state index is 0.0544. The van der Waals surface area contributed by atoms with Crippen LogP contribution in [0.5, 0.6) is 11.5 Å². The Labute approximate surface area is 181 Å². The van der Waals surface area contributed by atoms with Crippen molar-refractivity contribution in [3.8, 4) is 11.5 Å². The summed E-state index contributed by atoms with van der Waals surface area (Å²) in [4.78, 5) is 7.55. The molecule has 0 saturated heterocycles. The molecular formula is C23H19F5N2O2. The van der Waals surface area contributed by atoms with Crippen molar-refractivity contribution in [2.24, 2.45) is 4.99 Å². The first kappa shape index (κ1) is 22.2. The van der Waals surface area contributed by atoms with E-state index >= 15 is 0 Å². The zero-order valence-corrected chi connectivity index (χ0v) is 17.1. The molecule has 168 valence electrons. The first-order chi connectivity index (χ1) is 15.1. The highest BCUT2D eigenvalue weighted by atomic mass is 19.3. The number of aliphatic imine (C=N–C) groups is 1. The Morgan fingerprint density at radius 1 is 1.19 bits per heavy atom. The molecule has 1 unspecified atom stereocenters. The van der Waals surface area contributed by atoms with Crippen LogP contribution in [-0.2, 0) is 11.5 Å². The number of rotatable bonds is 5. The molecule has 1 N–H and O–H groups in total. The summed E-state index contributed by atoms with van der Waals surface area (Å²) in [6.07, 6.45) is 0.736. The average molecular weight is 450 g/mol. The normalized spacial score (nSPS) is 23.6. The number of nitrogens with zero attached hydrogens (tertiary/aromatic N) is 2. The highest BCUT2D eigenvalue weighted by Crippen LogP contribution is 2.65. The molecule has 2 aliphatic carbocycles. The van der Waals surface area contributed by atoms with Gasteiger partial charge in [-0.3, -0.25) is 4.99 Å². The Bertz CT molecular complexity index is 1160. The van der Waals surface area contributed by atoms with Gasteiger partial charge in [0.25, 0.3) is 0 Å². The smallest absolute Gasteiger partial charge is 0.346 e. The lowest BCUT2D eigenvalue weighted by atomic mass is 9.77. The molecule has 9 heteroatoms. The Hall–Kier alpha value is -2.99. The van der Waals surface area contributed by atoms with Gasteiger partial charge in [0.1, 0.15) is 17.3 Å². The van der Waals surface area contributed by atoms with Crippen LogP contribution in [0.15, 0.2) is 35.3 Å². The third-order valence-electron chi connectivity index (χ3n) is 5.87. The zero-order chi connectivity index (χ0) is 23.3. The summed E-state index contributed by atoms with van der Waals surface area (Å²) in [5.74, 6) is -10.3. The van der Waals surface area contributed by atoms with E-state index in [4.69, 9.17) is 11.3 Å². The maximum atomic E-state index is 14.8. The number of unbranched alkanes of at least 4 members (excludes halogenated alkanes) is 1. The molecule has 32 heavy (non-hydrogen) atoms. The van der Waals surface area contributed by atoms with E-state index in [2.05, 4.69) is 9.84 Å². The highest BCUT2D eigenvalue weighted by Gasteiger charge is 2.77. The summed E-state index contributed by atoms with van der Waals surface area (Å²) in [6.45, 7) is 9.34. The zero-order valence-electron chi connectivity index (χ0n) is 17.1. The van der Waals surface area contributed by atoms with Crippen LogP contribution in [0.25, 0.3) is 4.85 Å². The molecule has 0 fully saturated rings. The van der Waals surface area contributed by atoms with E-state index in [1.54, 1.807) is 0 Å². The fourth-order valence-electron chi connectivity index (χ4n) is 4.27. The third kappa shape index (κ3) is 3.08. The van der Waals surface area contributed by atoms with Crippen LogP contribution in [0.4, 0.5) is 27.6 Å². The van der Waals surface area contributed by atoms with E-state index in [-0.39, 0.29) is 34.9 Å². The maximum absolute atomic E-state index is 14.8. The van der Waals surface area contributed by atoms with Crippen LogP contribution in [0.3, 0.4) is 0 Å². The van der Waals surface area contributed by atoms with Gasteiger partial charge < -0.3 is 9.84 Å². The van der Waals surface area contributed by atoms with Gasteiger partial charge >= 0.3 is 11.8 Å². The van der Waals surface area contributed by atoms with E-state index < -0.39 is 40.8 Å². The second-order valence-electron chi connectivity index (χ2n) is 7.91. The van der Waals surface area contributed by atoms with Crippen molar-refractivity contribution < 1.29 is 31.8 Å². The summed E-state index contributed by atoms with van der Waals surface area (Å²) < 4.78 is 78.4. The van der Waals surface area contributed by atoms with Crippen LogP contribution >= 0.6 is 0 Å². The topological polar surface area (TPSA) is 46.2 Å². The molecule has 2 aromatic rings. The first-order valence-electron chi connectivity index (χ1n) is 10.1. The number of benzene rings is 2. The lowest BCUT2D eigenvalue weighted by molar-refractivity contribution is -0.287. The molecule has 2 aromatic carbocycles. The lowest BCUT2D eigenvalue weighted by Crippen LogP contribution is -2.50. The summed E-state index contributed by atoms with van der Waals surface area (Å²) in [5.41, 5.74) is -4.58. The van der Waals surface area contributed by atoms with Crippen molar-refractivity contribution in [2.45, 2.75) is 50.1 Å². The van der Waals surface area contributed by atoms with Crippen molar-refractivity contribution in [1.29, 1.82) is 0 Å². The number of halogens is 5.